The van der Waals surface area contributed by atoms with E-state index in [0.29, 0.717) is 18.1 Å². The molecule has 3 heteroatoms. The summed E-state index contributed by atoms with van der Waals surface area (Å²) in [6.07, 6.45) is 1.68. The lowest BCUT2D eigenvalue weighted by atomic mass is 9.57. The largest absolute Gasteiger partial charge is 0.377 e. The van der Waals surface area contributed by atoms with Crippen molar-refractivity contribution in [3.63, 3.8) is 0 Å². The van der Waals surface area contributed by atoms with Crippen LogP contribution in [0.5, 0.6) is 0 Å². The van der Waals surface area contributed by atoms with Gasteiger partial charge in [0.2, 0.25) is 0 Å². The fourth-order valence-corrected chi connectivity index (χ4v) is 4.03. The van der Waals surface area contributed by atoms with Gasteiger partial charge in [0.05, 0.1) is 6.10 Å². The number of ether oxygens (including phenoxy) is 1. The number of rotatable bonds is 3. The Morgan fingerprint density at radius 2 is 2.17 bits per heavy atom. The number of hydrogen-bond donors (Lipinski definition) is 1. The summed E-state index contributed by atoms with van der Waals surface area (Å²) >= 11 is 3.61. The van der Waals surface area contributed by atoms with Gasteiger partial charge in [-0.05, 0) is 18.1 Å². The van der Waals surface area contributed by atoms with E-state index in [2.05, 4.69) is 59.4 Å². The van der Waals surface area contributed by atoms with Crippen LogP contribution in [0, 0.1) is 11.3 Å². The Hall–Kier alpha value is -0.380. The van der Waals surface area contributed by atoms with Gasteiger partial charge in [0.15, 0.2) is 0 Å². The summed E-state index contributed by atoms with van der Waals surface area (Å²) in [5.74, 6) is 0.711. The smallest absolute Gasteiger partial charge is 0.0685 e. The molecule has 0 bridgehead atoms. The van der Waals surface area contributed by atoms with E-state index in [-0.39, 0.29) is 5.41 Å². The summed E-state index contributed by atoms with van der Waals surface area (Å²) in [6, 6.07) is 9.00. The molecule has 1 heterocycles. The van der Waals surface area contributed by atoms with Crippen LogP contribution < -0.4 is 5.32 Å². The van der Waals surface area contributed by atoms with Gasteiger partial charge in [0.1, 0.15) is 0 Å². The Morgan fingerprint density at radius 1 is 1.39 bits per heavy atom. The number of fused-ring (bicyclic) bond motifs is 1. The van der Waals surface area contributed by atoms with E-state index in [0.717, 1.165) is 13.2 Å². The average Bonchev–Trinajstić information content (AvgIpc) is 2.78. The van der Waals surface area contributed by atoms with E-state index < -0.39 is 0 Å². The van der Waals surface area contributed by atoms with Gasteiger partial charge in [-0.2, -0.15) is 0 Å². The van der Waals surface area contributed by atoms with E-state index >= 15 is 0 Å². The minimum Gasteiger partial charge on any atom is -0.377 e. The number of halogens is 1. The summed E-state index contributed by atoms with van der Waals surface area (Å²) in [5, 5.41) is 3.73. The molecule has 1 aliphatic carbocycles. The second-order valence-corrected chi connectivity index (χ2v) is 6.87. The van der Waals surface area contributed by atoms with Crippen LogP contribution in [0.15, 0.2) is 28.7 Å². The van der Waals surface area contributed by atoms with Gasteiger partial charge in [0.25, 0.3) is 0 Å². The van der Waals surface area contributed by atoms with Crippen LogP contribution in [-0.4, -0.2) is 18.8 Å². The Morgan fingerprint density at radius 3 is 2.94 bits per heavy atom. The Kier molecular flexibility index (Phi) is 3.25. The molecule has 18 heavy (non-hydrogen) atoms. The highest BCUT2D eigenvalue weighted by atomic mass is 79.9. The standard InChI is InChI=1S/C15H20BrNO/c1-15(2)13(11-7-8-18-14(11)15)17-9-10-5-3-4-6-12(10)16/h3-6,11,13-14,17H,7-9H2,1-2H3. The first-order chi connectivity index (χ1) is 8.60. The molecule has 1 aromatic carbocycles. The topological polar surface area (TPSA) is 21.3 Å². The minimum absolute atomic E-state index is 0.266. The molecule has 0 spiro atoms. The Labute approximate surface area is 117 Å². The van der Waals surface area contributed by atoms with E-state index in [1.54, 1.807) is 0 Å². The summed E-state index contributed by atoms with van der Waals surface area (Å²) in [5.41, 5.74) is 1.60. The van der Waals surface area contributed by atoms with E-state index in [4.69, 9.17) is 4.74 Å². The van der Waals surface area contributed by atoms with Gasteiger partial charge in [-0.1, -0.05) is 48.0 Å². The molecule has 1 saturated heterocycles. The lowest BCUT2D eigenvalue weighted by Gasteiger charge is -2.55. The SMILES string of the molecule is CC1(C)C(NCc2ccccc2Br)C2CCOC21. The van der Waals surface area contributed by atoms with Crippen molar-refractivity contribution in [1.29, 1.82) is 0 Å². The third kappa shape index (κ3) is 1.93. The van der Waals surface area contributed by atoms with Crippen molar-refractivity contribution in [3.8, 4) is 0 Å². The lowest BCUT2D eigenvalue weighted by molar-refractivity contribution is -0.113. The first-order valence-electron chi connectivity index (χ1n) is 6.69. The third-order valence-electron chi connectivity index (χ3n) is 4.57. The molecule has 2 aliphatic rings. The highest BCUT2D eigenvalue weighted by molar-refractivity contribution is 9.10. The summed E-state index contributed by atoms with van der Waals surface area (Å²) in [4.78, 5) is 0. The van der Waals surface area contributed by atoms with Gasteiger partial charge >= 0.3 is 0 Å². The molecule has 1 aromatic rings. The monoisotopic (exact) mass is 309 g/mol. The highest BCUT2D eigenvalue weighted by Crippen LogP contribution is 2.52. The first kappa shape index (κ1) is 12.6. The molecule has 0 amide bonds. The van der Waals surface area contributed by atoms with E-state index in [1.165, 1.54) is 16.5 Å². The van der Waals surface area contributed by atoms with Crippen LogP contribution in [-0.2, 0) is 11.3 Å². The Balaban J connectivity index is 1.66. The van der Waals surface area contributed by atoms with Gasteiger partial charge in [-0.3, -0.25) is 0 Å². The number of hydrogen-bond acceptors (Lipinski definition) is 2. The fraction of sp³-hybridized carbons (Fsp3) is 0.600. The molecule has 0 radical (unpaired) electrons. The molecule has 3 atom stereocenters. The zero-order valence-electron chi connectivity index (χ0n) is 10.9. The maximum atomic E-state index is 5.82. The van der Waals surface area contributed by atoms with E-state index in [1.807, 2.05) is 0 Å². The second-order valence-electron chi connectivity index (χ2n) is 6.02. The summed E-state index contributed by atoms with van der Waals surface area (Å²) in [7, 11) is 0. The molecule has 3 rings (SSSR count). The van der Waals surface area contributed by atoms with Crippen molar-refractivity contribution in [2.75, 3.05) is 6.61 Å². The predicted molar refractivity (Wildman–Crippen MR) is 76.4 cm³/mol. The van der Waals surface area contributed by atoms with E-state index in [9.17, 15) is 0 Å². The van der Waals surface area contributed by atoms with Crippen LogP contribution in [0.25, 0.3) is 0 Å². The normalized spacial score (nSPS) is 32.9. The predicted octanol–water partition coefficient (Wildman–Crippen LogP) is 3.35. The maximum Gasteiger partial charge on any atom is 0.0685 e. The van der Waals surface area contributed by atoms with Crippen molar-refractivity contribution >= 4 is 15.9 Å². The van der Waals surface area contributed by atoms with Gasteiger partial charge in [0, 0.05) is 35.0 Å². The zero-order valence-corrected chi connectivity index (χ0v) is 12.5. The van der Waals surface area contributed by atoms with Crippen LogP contribution in [0.2, 0.25) is 0 Å². The Bertz CT molecular complexity index is 446. The highest BCUT2D eigenvalue weighted by Gasteiger charge is 2.58. The molecular weight excluding hydrogens is 290 g/mol. The van der Waals surface area contributed by atoms with Crippen molar-refractivity contribution < 1.29 is 4.74 Å². The first-order valence-corrected chi connectivity index (χ1v) is 7.48. The van der Waals surface area contributed by atoms with Crippen molar-refractivity contribution in [3.05, 3.63) is 34.3 Å². The van der Waals surface area contributed by atoms with Crippen LogP contribution >= 0.6 is 15.9 Å². The molecule has 1 saturated carbocycles. The van der Waals surface area contributed by atoms with Crippen molar-refractivity contribution in [2.24, 2.45) is 11.3 Å². The maximum absolute atomic E-state index is 5.82. The van der Waals surface area contributed by atoms with Crippen molar-refractivity contribution in [2.45, 2.75) is 39.0 Å². The van der Waals surface area contributed by atoms with Crippen molar-refractivity contribution in [1.82, 2.24) is 5.32 Å². The van der Waals surface area contributed by atoms with Crippen LogP contribution in [0.1, 0.15) is 25.8 Å². The molecule has 1 aliphatic heterocycles. The molecule has 3 unspecified atom stereocenters. The summed E-state index contributed by atoms with van der Waals surface area (Å²) < 4.78 is 7.01. The number of nitrogens with one attached hydrogen (secondary N) is 1. The summed E-state index contributed by atoms with van der Waals surface area (Å²) in [6.45, 7) is 6.50. The molecule has 2 fully saturated rings. The zero-order chi connectivity index (χ0) is 12.8. The van der Waals surface area contributed by atoms with Crippen LogP contribution in [0.4, 0.5) is 0 Å². The van der Waals surface area contributed by atoms with Gasteiger partial charge in [-0.25, -0.2) is 0 Å². The molecule has 0 aromatic heterocycles. The quantitative estimate of drug-likeness (QED) is 0.924. The fourth-order valence-electron chi connectivity index (χ4n) is 3.60. The average molecular weight is 310 g/mol. The number of benzene rings is 1. The minimum atomic E-state index is 0.266. The molecular formula is C15H20BrNO. The second kappa shape index (κ2) is 4.62. The molecule has 98 valence electrons. The van der Waals surface area contributed by atoms with Gasteiger partial charge < -0.3 is 10.1 Å². The molecule has 2 nitrogen and oxygen atoms in total. The third-order valence-corrected chi connectivity index (χ3v) is 5.34. The lowest BCUT2D eigenvalue weighted by Crippen LogP contribution is -2.65. The molecule has 1 N–H and O–H groups in total. The van der Waals surface area contributed by atoms with Gasteiger partial charge in [-0.15, -0.1) is 0 Å². The van der Waals surface area contributed by atoms with Crippen LogP contribution in [0.3, 0.4) is 0 Å².